The Morgan fingerprint density at radius 2 is 1.93 bits per heavy atom. The number of nitrogens with two attached hydrogens (primary N) is 2. The first-order chi connectivity index (χ1) is 13.0. The van der Waals surface area contributed by atoms with Gasteiger partial charge in [0.2, 0.25) is 0 Å². The van der Waals surface area contributed by atoms with E-state index in [1.54, 1.807) is 10.9 Å². The maximum Gasteiger partial charge on any atom is 0.322 e. The molecule has 0 aliphatic rings. The van der Waals surface area contributed by atoms with E-state index in [2.05, 4.69) is 9.84 Å². The van der Waals surface area contributed by atoms with E-state index in [-0.39, 0.29) is 12.4 Å². The van der Waals surface area contributed by atoms with Gasteiger partial charge in [-0.25, -0.2) is 9.07 Å². The Morgan fingerprint density at radius 3 is 2.59 bits per heavy atom. The number of carbonyl (C=O) groups excluding carboxylic acids is 1. The predicted octanol–water partition coefficient (Wildman–Crippen LogP) is 2.18. The monoisotopic (exact) mass is 368 g/mol. The van der Waals surface area contributed by atoms with Crippen molar-refractivity contribution in [3.05, 3.63) is 71.8 Å². The van der Waals surface area contributed by atoms with Gasteiger partial charge in [-0.1, -0.05) is 12.1 Å². The quantitative estimate of drug-likeness (QED) is 0.650. The highest BCUT2D eigenvalue weighted by atomic mass is 19.1. The van der Waals surface area contributed by atoms with Crippen LogP contribution in [0.3, 0.4) is 0 Å². The van der Waals surface area contributed by atoms with Crippen LogP contribution in [-0.2, 0) is 22.5 Å². The maximum absolute atomic E-state index is 13.7. The van der Waals surface area contributed by atoms with Crippen molar-refractivity contribution in [2.45, 2.75) is 19.0 Å². The Morgan fingerprint density at radius 1 is 1.19 bits per heavy atom. The lowest BCUT2D eigenvalue weighted by molar-refractivity contribution is -0.142. The van der Waals surface area contributed by atoms with Crippen molar-refractivity contribution in [1.82, 2.24) is 9.78 Å². The molecule has 1 atom stereocenters. The number of nitrogens with zero attached hydrogens (tertiary/aromatic N) is 2. The second-order valence-corrected chi connectivity index (χ2v) is 6.23. The molecule has 2 aromatic carbocycles. The smallest absolute Gasteiger partial charge is 0.322 e. The third kappa shape index (κ3) is 4.39. The van der Waals surface area contributed by atoms with Crippen LogP contribution in [0.1, 0.15) is 11.1 Å². The number of halogens is 1. The van der Waals surface area contributed by atoms with Gasteiger partial charge < -0.3 is 16.2 Å². The second-order valence-electron chi connectivity index (χ2n) is 6.23. The van der Waals surface area contributed by atoms with E-state index in [4.69, 9.17) is 11.5 Å². The third-order valence-electron chi connectivity index (χ3n) is 4.27. The SMILES string of the molecule is COC(=O)C(N)Cc1ccc(-n2cc(-c3cc(F)cc(CN)c3)cn2)cc1. The average Bonchev–Trinajstić information content (AvgIpc) is 3.17. The summed E-state index contributed by atoms with van der Waals surface area (Å²) >= 11 is 0. The second kappa shape index (κ2) is 8.11. The van der Waals surface area contributed by atoms with Crippen molar-refractivity contribution in [2.24, 2.45) is 11.5 Å². The van der Waals surface area contributed by atoms with Gasteiger partial charge >= 0.3 is 5.97 Å². The van der Waals surface area contributed by atoms with Crippen LogP contribution in [0.15, 0.2) is 54.9 Å². The molecule has 1 unspecified atom stereocenters. The first kappa shape index (κ1) is 18.8. The molecule has 3 aromatic rings. The van der Waals surface area contributed by atoms with Gasteiger partial charge in [0, 0.05) is 18.3 Å². The van der Waals surface area contributed by atoms with Crippen LogP contribution in [0.2, 0.25) is 0 Å². The van der Waals surface area contributed by atoms with Crippen molar-refractivity contribution >= 4 is 5.97 Å². The number of methoxy groups -OCH3 is 1. The lowest BCUT2D eigenvalue weighted by Gasteiger charge is -2.09. The van der Waals surface area contributed by atoms with Crippen LogP contribution in [-0.4, -0.2) is 28.9 Å². The zero-order valence-electron chi connectivity index (χ0n) is 14.9. The highest BCUT2D eigenvalue weighted by Crippen LogP contribution is 2.23. The van der Waals surface area contributed by atoms with Crippen LogP contribution in [0.5, 0.6) is 0 Å². The molecule has 0 aliphatic heterocycles. The number of benzene rings is 2. The standard InChI is InChI=1S/C20H21FN4O2/c1-27-20(26)19(23)8-13-2-4-18(5-3-13)25-12-16(11-24-25)15-6-14(10-22)7-17(21)9-15/h2-7,9,11-12,19H,8,10,22-23H2,1H3. The van der Waals surface area contributed by atoms with E-state index in [1.165, 1.54) is 19.2 Å². The fourth-order valence-electron chi connectivity index (χ4n) is 2.82. The van der Waals surface area contributed by atoms with Gasteiger partial charge in [-0.3, -0.25) is 4.79 Å². The van der Waals surface area contributed by atoms with E-state index in [0.717, 1.165) is 27.9 Å². The van der Waals surface area contributed by atoms with Crippen LogP contribution < -0.4 is 11.5 Å². The van der Waals surface area contributed by atoms with Crippen molar-refractivity contribution in [3.8, 4) is 16.8 Å². The lowest BCUT2D eigenvalue weighted by atomic mass is 10.1. The lowest BCUT2D eigenvalue weighted by Crippen LogP contribution is -2.33. The fourth-order valence-corrected chi connectivity index (χ4v) is 2.82. The van der Waals surface area contributed by atoms with Crippen LogP contribution in [0, 0.1) is 5.82 Å². The fraction of sp³-hybridized carbons (Fsp3) is 0.200. The van der Waals surface area contributed by atoms with E-state index in [1.807, 2.05) is 36.5 Å². The number of aromatic nitrogens is 2. The summed E-state index contributed by atoms with van der Waals surface area (Å²) in [4.78, 5) is 11.4. The molecule has 3 rings (SSSR count). The summed E-state index contributed by atoms with van der Waals surface area (Å²) in [7, 11) is 1.32. The summed E-state index contributed by atoms with van der Waals surface area (Å²) in [6.45, 7) is 0.272. The van der Waals surface area contributed by atoms with E-state index in [9.17, 15) is 9.18 Å². The van der Waals surface area contributed by atoms with Gasteiger partial charge in [-0.2, -0.15) is 5.10 Å². The Bertz CT molecular complexity index is 937. The van der Waals surface area contributed by atoms with Gasteiger partial charge in [0.05, 0.1) is 19.0 Å². The van der Waals surface area contributed by atoms with E-state index >= 15 is 0 Å². The van der Waals surface area contributed by atoms with Crippen LogP contribution in [0.25, 0.3) is 16.8 Å². The number of hydrogen-bond donors (Lipinski definition) is 2. The maximum atomic E-state index is 13.7. The van der Waals surface area contributed by atoms with Gasteiger partial charge in [0.1, 0.15) is 11.9 Å². The molecule has 0 aliphatic carbocycles. The van der Waals surface area contributed by atoms with Gasteiger partial charge in [-0.05, 0) is 53.4 Å². The zero-order chi connectivity index (χ0) is 19.4. The minimum absolute atomic E-state index is 0.272. The molecule has 0 bridgehead atoms. The van der Waals surface area contributed by atoms with Crippen molar-refractivity contribution < 1.29 is 13.9 Å². The highest BCUT2D eigenvalue weighted by molar-refractivity contribution is 5.75. The Hall–Kier alpha value is -3.03. The number of ether oxygens (including phenoxy) is 1. The van der Waals surface area contributed by atoms with Gasteiger partial charge in [-0.15, -0.1) is 0 Å². The van der Waals surface area contributed by atoms with E-state index in [0.29, 0.717) is 6.42 Å². The first-order valence-corrected chi connectivity index (χ1v) is 8.47. The molecule has 4 N–H and O–H groups in total. The summed E-state index contributed by atoms with van der Waals surface area (Å²) < 4.78 is 20.1. The molecule has 140 valence electrons. The molecule has 0 saturated carbocycles. The number of carbonyl (C=O) groups is 1. The van der Waals surface area contributed by atoms with Crippen LogP contribution in [0.4, 0.5) is 4.39 Å². The summed E-state index contributed by atoms with van der Waals surface area (Å²) in [5.74, 6) is -0.769. The summed E-state index contributed by atoms with van der Waals surface area (Å²) in [5.41, 5.74) is 15.4. The third-order valence-corrected chi connectivity index (χ3v) is 4.27. The molecule has 7 heteroatoms. The number of rotatable bonds is 6. The summed E-state index contributed by atoms with van der Waals surface area (Å²) in [5, 5.41) is 4.34. The molecular weight excluding hydrogens is 347 g/mol. The topological polar surface area (TPSA) is 96.2 Å². The van der Waals surface area contributed by atoms with Gasteiger partial charge in [0.25, 0.3) is 0 Å². The largest absolute Gasteiger partial charge is 0.468 e. The highest BCUT2D eigenvalue weighted by Gasteiger charge is 2.14. The zero-order valence-corrected chi connectivity index (χ0v) is 14.9. The molecular formula is C20H21FN4O2. The van der Waals surface area contributed by atoms with Crippen molar-refractivity contribution in [2.75, 3.05) is 7.11 Å². The Kier molecular flexibility index (Phi) is 5.63. The number of hydrogen-bond acceptors (Lipinski definition) is 5. The molecule has 1 aromatic heterocycles. The molecule has 27 heavy (non-hydrogen) atoms. The molecule has 0 amide bonds. The van der Waals surface area contributed by atoms with Gasteiger partial charge in [0.15, 0.2) is 0 Å². The normalized spacial score (nSPS) is 12.0. The van der Waals surface area contributed by atoms with E-state index < -0.39 is 12.0 Å². The molecule has 0 spiro atoms. The van der Waals surface area contributed by atoms with Crippen molar-refractivity contribution in [1.29, 1.82) is 0 Å². The predicted molar refractivity (Wildman–Crippen MR) is 101 cm³/mol. The molecule has 0 saturated heterocycles. The average molecular weight is 368 g/mol. The Labute approximate surface area is 156 Å². The minimum Gasteiger partial charge on any atom is -0.468 e. The molecule has 0 fully saturated rings. The summed E-state index contributed by atoms with van der Waals surface area (Å²) in [6.07, 6.45) is 3.89. The summed E-state index contributed by atoms with van der Waals surface area (Å²) in [6, 6.07) is 11.6. The molecule has 6 nitrogen and oxygen atoms in total. The minimum atomic E-state index is -0.693. The Balaban J connectivity index is 1.78. The van der Waals surface area contributed by atoms with Crippen molar-refractivity contribution in [3.63, 3.8) is 0 Å². The molecule has 1 heterocycles. The molecule has 0 radical (unpaired) electrons. The number of esters is 1. The first-order valence-electron chi connectivity index (χ1n) is 8.47. The van der Waals surface area contributed by atoms with Crippen LogP contribution >= 0.6 is 0 Å².